The summed E-state index contributed by atoms with van der Waals surface area (Å²) in [7, 11) is -2.76. The number of para-hydroxylation sites is 2. The highest BCUT2D eigenvalue weighted by Gasteiger charge is 2.44. The van der Waals surface area contributed by atoms with Crippen LogP contribution in [-0.2, 0) is 4.57 Å². The number of anilines is 2. The van der Waals surface area contributed by atoms with E-state index < -0.39 is 7.44 Å². The number of nitrogens with zero attached hydrogens (tertiary/aromatic N) is 3. The van der Waals surface area contributed by atoms with Gasteiger partial charge in [0.2, 0.25) is 0 Å². The predicted octanol–water partition coefficient (Wildman–Crippen LogP) is 4.82. The Balaban J connectivity index is 1.67. The second-order valence-corrected chi connectivity index (χ2v) is 9.67. The second kappa shape index (κ2) is 7.30. The largest absolute Gasteiger partial charge is 0.304 e. The van der Waals surface area contributed by atoms with Crippen molar-refractivity contribution in [3.63, 3.8) is 0 Å². The third kappa shape index (κ3) is 3.32. The van der Waals surface area contributed by atoms with Crippen LogP contribution in [0.4, 0.5) is 11.4 Å². The number of hydrogen-bond donors (Lipinski definition) is 0. The first-order valence-electron chi connectivity index (χ1n) is 9.31. The monoisotopic (exact) mass is 367 g/mol. The molecule has 2 aromatic carbocycles. The maximum atomic E-state index is 14.4. The first-order chi connectivity index (χ1) is 12.7. The Labute approximate surface area is 156 Å². The molecule has 0 N–H and O–H groups in total. The van der Waals surface area contributed by atoms with Crippen molar-refractivity contribution in [3.05, 3.63) is 72.8 Å². The van der Waals surface area contributed by atoms with Crippen LogP contribution in [0.2, 0.25) is 0 Å². The van der Waals surface area contributed by atoms with Crippen molar-refractivity contribution in [2.24, 2.45) is 0 Å². The highest BCUT2D eigenvalue weighted by molar-refractivity contribution is 7.67. The molecule has 4 nitrogen and oxygen atoms in total. The minimum atomic E-state index is -2.76. The molecule has 2 saturated heterocycles. The Morgan fingerprint density at radius 3 is 1.69 bits per heavy atom. The van der Waals surface area contributed by atoms with Gasteiger partial charge in [0.25, 0.3) is 7.44 Å². The van der Waals surface area contributed by atoms with Gasteiger partial charge < -0.3 is 9.34 Å². The highest BCUT2D eigenvalue weighted by Crippen LogP contribution is 2.60. The van der Waals surface area contributed by atoms with Gasteiger partial charge in [0.1, 0.15) is 0 Å². The van der Waals surface area contributed by atoms with Crippen LogP contribution < -0.4 is 9.34 Å². The number of piperidine rings is 1. The van der Waals surface area contributed by atoms with Gasteiger partial charge in [-0.3, -0.25) is 9.46 Å². The summed E-state index contributed by atoms with van der Waals surface area (Å²) < 4.78 is 18.7. The lowest BCUT2D eigenvalue weighted by Crippen LogP contribution is -2.36. The van der Waals surface area contributed by atoms with Crippen LogP contribution in [0.3, 0.4) is 0 Å². The summed E-state index contributed by atoms with van der Waals surface area (Å²) in [5, 5.41) is 0. The lowest BCUT2D eigenvalue weighted by atomic mass is 10.1. The Bertz CT molecular complexity index is 747. The van der Waals surface area contributed by atoms with Crippen LogP contribution in [0.1, 0.15) is 12.8 Å². The van der Waals surface area contributed by atoms with Crippen molar-refractivity contribution in [2.45, 2.75) is 12.8 Å². The maximum absolute atomic E-state index is 14.4. The zero-order valence-corrected chi connectivity index (χ0v) is 16.0. The van der Waals surface area contributed by atoms with Crippen LogP contribution >= 0.6 is 7.44 Å². The quantitative estimate of drug-likeness (QED) is 0.572. The normalized spacial score (nSPS) is 20.5. The molecule has 0 bridgehead atoms. The average molecular weight is 367 g/mol. The van der Waals surface area contributed by atoms with E-state index in [1.54, 1.807) is 0 Å². The molecule has 26 heavy (non-hydrogen) atoms. The minimum Gasteiger partial charge on any atom is -0.304 e. The third-order valence-corrected chi connectivity index (χ3v) is 8.47. The van der Waals surface area contributed by atoms with Crippen molar-refractivity contribution in [3.8, 4) is 0 Å². The van der Waals surface area contributed by atoms with Crippen molar-refractivity contribution in [1.82, 2.24) is 4.90 Å². The summed E-state index contributed by atoms with van der Waals surface area (Å²) in [4.78, 5) is 2.35. The molecule has 4 rings (SSSR count). The van der Waals surface area contributed by atoms with Gasteiger partial charge in [-0.1, -0.05) is 48.6 Å². The van der Waals surface area contributed by atoms with E-state index in [1.165, 1.54) is 5.57 Å². The standard InChI is InChI=1S/C21H26N3OP/c1-19-12-14-22(15-13-19)18-26(25)23(20-8-4-2-5-9-20)16-17-24(26)21-10-6-3-7-11-21/h2-11H,1,12-18H2. The van der Waals surface area contributed by atoms with Crippen molar-refractivity contribution in [1.29, 1.82) is 0 Å². The summed E-state index contributed by atoms with van der Waals surface area (Å²) in [5.41, 5.74) is 3.41. The molecular formula is C21H26N3OP. The molecule has 0 unspecified atom stereocenters. The summed E-state index contributed by atoms with van der Waals surface area (Å²) >= 11 is 0. The summed E-state index contributed by atoms with van der Waals surface area (Å²) in [6.07, 6.45) is 2.62. The average Bonchev–Trinajstić information content (AvgIpc) is 3.02. The molecule has 136 valence electrons. The Morgan fingerprint density at radius 1 is 0.769 bits per heavy atom. The Hall–Kier alpha value is -2.03. The lowest BCUT2D eigenvalue weighted by Gasteiger charge is -2.37. The van der Waals surface area contributed by atoms with Gasteiger partial charge in [-0.2, -0.15) is 0 Å². The molecule has 2 fully saturated rings. The highest BCUT2D eigenvalue weighted by atomic mass is 31.2. The van der Waals surface area contributed by atoms with Gasteiger partial charge in [0, 0.05) is 37.6 Å². The summed E-state index contributed by atoms with van der Waals surface area (Å²) in [6.45, 7) is 7.59. The van der Waals surface area contributed by atoms with E-state index in [-0.39, 0.29) is 0 Å². The van der Waals surface area contributed by atoms with E-state index in [4.69, 9.17) is 0 Å². The number of rotatable bonds is 4. The number of hydrogen-bond acceptors (Lipinski definition) is 2. The van der Waals surface area contributed by atoms with E-state index in [2.05, 4.69) is 45.1 Å². The van der Waals surface area contributed by atoms with Crippen molar-refractivity contribution < 1.29 is 4.57 Å². The molecule has 2 aromatic rings. The molecule has 0 amide bonds. The first-order valence-corrected chi connectivity index (χ1v) is 11.1. The maximum Gasteiger partial charge on any atom is 0.276 e. The molecule has 2 heterocycles. The molecule has 0 aromatic heterocycles. The van der Waals surface area contributed by atoms with Gasteiger partial charge in [0.15, 0.2) is 0 Å². The second-order valence-electron chi connectivity index (χ2n) is 7.09. The van der Waals surface area contributed by atoms with E-state index in [1.807, 2.05) is 36.4 Å². The van der Waals surface area contributed by atoms with Crippen LogP contribution in [0.5, 0.6) is 0 Å². The first kappa shape index (κ1) is 17.4. The van der Waals surface area contributed by atoms with Crippen molar-refractivity contribution >= 4 is 18.8 Å². The molecule has 0 spiro atoms. The molecular weight excluding hydrogens is 341 g/mol. The molecule has 0 radical (unpaired) electrons. The zero-order chi connectivity index (χ0) is 18.0. The zero-order valence-electron chi connectivity index (χ0n) is 15.1. The van der Waals surface area contributed by atoms with E-state index >= 15 is 0 Å². The fourth-order valence-electron chi connectivity index (χ4n) is 3.88. The smallest absolute Gasteiger partial charge is 0.276 e. The third-order valence-electron chi connectivity index (χ3n) is 5.33. The van der Waals surface area contributed by atoms with Crippen molar-refractivity contribution in [2.75, 3.05) is 41.8 Å². The van der Waals surface area contributed by atoms with Gasteiger partial charge in [0.05, 0.1) is 6.29 Å². The molecule has 0 aliphatic carbocycles. The van der Waals surface area contributed by atoms with Gasteiger partial charge >= 0.3 is 0 Å². The number of likely N-dealkylation sites (tertiary alicyclic amines) is 1. The van der Waals surface area contributed by atoms with Gasteiger partial charge in [-0.25, -0.2) is 0 Å². The predicted molar refractivity (Wildman–Crippen MR) is 110 cm³/mol. The topological polar surface area (TPSA) is 26.8 Å². The molecule has 0 saturated carbocycles. The van der Waals surface area contributed by atoms with Crippen LogP contribution in [0.15, 0.2) is 72.8 Å². The molecule has 2 aliphatic rings. The van der Waals surface area contributed by atoms with Crippen LogP contribution in [-0.4, -0.2) is 37.4 Å². The number of benzene rings is 2. The minimum absolute atomic E-state index is 0.601. The van der Waals surface area contributed by atoms with Crippen LogP contribution in [0, 0.1) is 0 Å². The molecule has 5 heteroatoms. The van der Waals surface area contributed by atoms with Gasteiger partial charge in [-0.05, 0) is 37.1 Å². The fraction of sp³-hybridized carbons (Fsp3) is 0.333. The Morgan fingerprint density at radius 2 is 1.23 bits per heavy atom. The van der Waals surface area contributed by atoms with E-state index in [9.17, 15) is 4.57 Å². The lowest BCUT2D eigenvalue weighted by molar-refractivity contribution is 0.293. The summed E-state index contributed by atoms with van der Waals surface area (Å²) in [6, 6.07) is 20.4. The van der Waals surface area contributed by atoms with E-state index in [0.29, 0.717) is 6.29 Å². The summed E-state index contributed by atoms with van der Waals surface area (Å²) in [5.74, 6) is 0. The van der Waals surface area contributed by atoms with E-state index in [0.717, 1.165) is 50.4 Å². The Kier molecular flexibility index (Phi) is 4.88. The molecule has 0 atom stereocenters. The fourth-order valence-corrected chi connectivity index (χ4v) is 7.04. The van der Waals surface area contributed by atoms with Crippen LogP contribution in [0.25, 0.3) is 0 Å². The van der Waals surface area contributed by atoms with Gasteiger partial charge in [-0.15, -0.1) is 0 Å². The SMILES string of the molecule is C=C1CCN(CP2(=O)N(c3ccccc3)CCN2c2ccccc2)CC1. The molecule has 2 aliphatic heterocycles.